The van der Waals surface area contributed by atoms with Gasteiger partial charge in [0.15, 0.2) is 5.65 Å². The van der Waals surface area contributed by atoms with Gasteiger partial charge in [-0.15, -0.1) is 29.9 Å². The highest BCUT2D eigenvalue weighted by Crippen LogP contribution is 2.32. The number of methoxy groups -OCH3 is 1. The molecule has 1 amide bonds. The number of halogens is 2. The third kappa shape index (κ3) is 4.39. The summed E-state index contributed by atoms with van der Waals surface area (Å²) in [7, 11) is 5.48. The number of hydrogen-bond acceptors (Lipinski definition) is 5. The molecular weight excluding hydrogens is 425 g/mol. The first-order chi connectivity index (χ1) is 13.4. The first-order valence-corrected chi connectivity index (χ1v) is 10.3. The molecule has 7 nitrogen and oxygen atoms in total. The van der Waals surface area contributed by atoms with Crippen LogP contribution in [0.25, 0.3) is 11.0 Å². The maximum Gasteiger partial charge on any atom is 0.242 e. The normalized spacial score (nSPS) is 22.4. The second-order valence-electron chi connectivity index (χ2n) is 8.40. The van der Waals surface area contributed by atoms with Gasteiger partial charge in [0.1, 0.15) is 0 Å². The standard InChI is InChI=1S/C21H31N5O2.2ClH/c1-12-17(13(2)22-20-19(12)21(28-5)24-26(20)4)8-9-18(27)25(3)16-10-14-6-7-15(11-16)23-14;;/h14-16,23H,6-11H2,1-5H3;2*1H. The van der Waals surface area contributed by atoms with Gasteiger partial charge in [0.2, 0.25) is 11.8 Å². The zero-order valence-electron chi connectivity index (χ0n) is 18.4. The Morgan fingerprint density at radius 3 is 2.47 bits per heavy atom. The summed E-state index contributed by atoms with van der Waals surface area (Å²) in [5.41, 5.74) is 4.03. The number of ether oxygens (including phenoxy) is 1. The second-order valence-corrected chi connectivity index (χ2v) is 8.40. The number of pyridine rings is 1. The molecule has 2 aliphatic rings. The Labute approximate surface area is 190 Å². The van der Waals surface area contributed by atoms with Crippen molar-refractivity contribution >= 4 is 41.8 Å². The molecule has 2 saturated heterocycles. The first-order valence-electron chi connectivity index (χ1n) is 10.3. The minimum absolute atomic E-state index is 0. The summed E-state index contributed by atoms with van der Waals surface area (Å²) >= 11 is 0. The van der Waals surface area contributed by atoms with Gasteiger partial charge < -0.3 is 15.0 Å². The van der Waals surface area contributed by atoms with Crippen LogP contribution in [-0.2, 0) is 18.3 Å². The van der Waals surface area contributed by atoms with Crippen molar-refractivity contribution in [1.82, 2.24) is 25.0 Å². The predicted octanol–water partition coefficient (Wildman–Crippen LogP) is 3.11. The van der Waals surface area contributed by atoms with Crippen LogP contribution in [0.3, 0.4) is 0 Å². The van der Waals surface area contributed by atoms with Gasteiger partial charge in [-0.25, -0.2) is 9.67 Å². The highest BCUT2D eigenvalue weighted by atomic mass is 35.5. The molecule has 4 rings (SSSR count). The quantitative estimate of drug-likeness (QED) is 0.746. The van der Waals surface area contributed by atoms with Crippen LogP contribution < -0.4 is 10.1 Å². The van der Waals surface area contributed by atoms with E-state index in [9.17, 15) is 4.79 Å². The lowest BCUT2D eigenvalue weighted by Crippen LogP contribution is -2.48. The topological polar surface area (TPSA) is 72.3 Å². The van der Waals surface area contributed by atoms with Gasteiger partial charge in [-0.2, -0.15) is 0 Å². The minimum Gasteiger partial charge on any atom is -0.479 e. The van der Waals surface area contributed by atoms with Crippen molar-refractivity contribution in [2.75, 3.05) is 14.2 Å². The van der Waals surface area contributed by atoms with E-state index >= 15 is 0 Å². The number of nitrogens with one attached hydrogen (secondary N) is 1. The highest BCUT2D eigenvalue weighted by molar-refractivity contribution is 5.86. The van der Waals surface area contributed by atoms with Gasteiger partial charge >= 0.3 is 0 Å². The number of nitrogens with zero attached hydrogens (tertiary/aromatic N) is 4. The third-order valence-corrected chi connectivity index (χ3v) is 6.69. The molecule has 0 radical (unpaired) electrons. The largest absolute Gasteiger partial charge is 0.479 e. The first kappa shape index (κ1) is 24.7. The van der Waals surface area contributed by atoms with E-state index in [1.54, 1.807) is 11.8 Å². The van der Waals surface area contributed by atoms with Crippen molar-refractivity contribution in [3.05, 3.63) is 16.8 Å². The molecule has 2 atom stereocenters. The van der Waals surface area contributed by atoms with E-state index in [0.717, 1.165) is 40.7 Å². The molecule has 0 aliphatic carbocycles. The van der Waals surface area contributed by atoms with Gasteiger partial charge in [-0.3, -0.25) is 4.79 Å². The van der Waals surface area contributed by atoms with E-state index in [0.29, 0.717) is 36.8 Å². The number of hydrogen-bond donors (Lipinski definition) is 1. The summed E-state index contributed by atoms with van der Waals surface area (Å²) in [6, 6.07) is 1.55. The minimum atomic E-state index is 0. The Morgan fingerprint density at radius 2 is 1.87 bits per heavy atom. The Balaban J connectivity index is 0.00000160. The van der Waals surface area contributed by atoms with E-state index in [4.69, 9.17) is 9.72 Å². The van der Waals surface area contributed by atoms with E-state index < -0.39 is 0 Å². The number of rotatable bonds is 5. The van der Waals surface area contributed by atoms with Gasteiger partial charge in [-0.05, 0) is 57.1 Å². The molecule has 2 bridgehead atoms. The summed E-state index contributed by atoms with van der Waals surface area (Å²) in [6.07, 6.45) is 5.86. The molecule has 0 spiro atoms. The average Bonchev–Trinajstić information content (AvgIpc) is 3.18. The van der Waals surface area contributed by atoms with Crippen LogP contribution in [0.15, 0.2) is 0 Å². The number of carbonyl (C=O) groups excluding carboxylic acids is 1. The Hall–Kier alpha value is -1.57. The molecule has 168 valence electrons. The number of piperidine rings is 1. The Bertz CT molecular complexity index is 905. The van der Waals surface area contributed by atoms with E-state index in [2.05, 4.69) is 17.3 Å². The Kier molecular flexibility index (Phi) is 7.99. The van der Waals surface area contributed by atoms with Gasteiger partial charge in [0.25, 0.3) is 0 Å². The van der Waals surface area contributed by atoms with Crippen LogP contribution >= 0.6 is 24.8 Å². The number of amides is 1. The Morgan fingerprint density at radius 1 is 1.23 bits per heavy atom. The molecule has 2 fully saturated rings. The molecule has 2 aromatic heterocycles. The van der Waals surface area contributed by atoms with E-state index in [1.807, 2.05) is 25.9 Å². The number of carbonyl (C=O) groups is 1. The summed E-state index contributed by atoms with van der Waals surface area (Å²) in [5.74, 6) is 0.820. The smallest absolute Gasteiger partial charge is 0.242 e. The zero-order chi connectivity index (χ0) is 20.0. The average molecular weight is 458 g/mol. The molecule has 0 saturated carbocycles. The lowest BCUT2D eigenvalue weighted by molar-refractivity contribution is -0.132. The van der Waals surface area contributed by atoms with Gasteiger partial charge in [-0.1, -0.05) is 0 Å². The molecular formula is C21H33Cl2N5O2. The highest BCUT2D eigenvalue weighted by Gasteiger charge is 2.36. The lowest BCUT2D eigenvalue weighted by Gasteiger charge is -2.35. The lowest BCUT2D eigenvalue weighted by atomic mass is 9.97. The van der Waals surface area contributed by atoms with Crippen LogP contribution in [0.2, 0.25) is 0 Å². The zero-order valence-corrected chi connectivity index (χ0v) is 20.0. The molecule has 2 aromatic rings. The SMILES string of the molecule is COc1nn(C)c2nc(C)c(CCC(=O)N(C)C3CC4CCC(C3)N4)c(C)c12.Cl.Cl. The van der Waals surface area contributed by atoms with Crippen molar-refractivity contribution in [3.8, 4) is 5.88 Å². The van der Waals surface area contributed by atoms with Crippen molar-refractivity contribution < 1.29 is 9.53 Å². The fraction of sp³-hybridized carbons (Fsp3) is 0.667. The van der Waals surface area contributed by atoms with Gasteiger partial charge in [0.05, 0.1) is 12.5 Å². The number of aryl methyl sites for hydroxylation is 3. The summed E-state index contributed by atoms with van der Waals surface area (Å²) in [4.78, 5) is 19.6. The fourth-order valence-corrected chi connectivity index (χ4v) is 5.06. The summed E-state index contributed by atoms with van der Waals surface area (Å²) in [6.45, 7) is 4.09. The predicted molar refractivity (Wildman–Crippen MR) is 123 cm³/mol. The summed E-state index contributed by atoms with van der Waals surface area (Å²) in [5, 5.41) is 9.00. The van der Waals surface area contributed by atoms with Crippen LogP contribution in [0.4, 0.5) is 0 Å². The maximum atomic E-state index is 12.9. The molecule has 1 N–H and O–H groups in total. The summed E-state index contributed by atoms with van der Waals surface area (Å²) < 4.78 is 7.19. The molecule has 4 heterocycles. The molecule has 2 unspecified atom stereocenters. The van der Waals surface area contributed by atoms with E-state index in [-0.39, 0.29) is 30.7 Å². The van der Waals surface area contributed by atoms with Crippen molar-refractivity contribution in [2.24, 2.45) is 7.05 Å². The van der Waals surface area contributed by atoms with Crippen LogP contribution in [0.5, 0.6) is 5.88 Å². The molecule has 9 heteroatoms. The third-order valence-electron chi connectivity index (χ3n) is 6.69. The van der Waals surface area contributed by atoms with Crippen LogP contribution in [-0.4, -0.2) is 57.9 Å². The maximum absolute atomic E-state index is 12.9. The number of aromatic nitrogens is 3. The molecule has 2 aliphatic heterocycles. The molecule has 30 heavy (non-hydrogen) atoms. The van der Waals surface area contributed by atoms with E-state index in [1.165, 1.54) is 12.8 Å². The van der Waals surface area contributed by atoms with Crippen molar-refractivity contribution in [1.29, 1.82) is 0 Å². The second kappa shape index (κ2) is 9.71. The van der Waals surface area contributed by atoms with Crippen molar-refractivity contribution in [2.45, 2.75) is 70.5 Å². The van der Waals surface area contributed by atoms with Crippen LogP contribution in [0.1, 0.15) is 48.9 Å². The monoisotopic (exact) mass is 457 g/mol. The molecule has 0 aromatic carbocycles. The van der Waals surface area contributed by atoms with Gasteiger partial charge in [0, 0.05) is 44.3 Å². The van der Waals surface area contributed by atoms with Crippen molar-refractivity contribution in [3.63, 3.8) is 0 Å². The number of fused-ring (bicyclic) bond motifs is 3. The fourth-order valence-electron chi connectivity index (χ4n) is 5.06. The van der Waals surface area contributed by atoms with Crippen LogP contribution in [0, 0.1) is 13.8 Å².